The van der Waals surface area contributed by atoms with Crippen LogP contribution in [0.15, 0.2) is 76.5 Å². The minimum atomic E-state index is -4.35. The lowest BCUT2D eigenvalue weighted by atomic mass is 10.3. The van der Waals surface area contributed by atoms with Crippen LogP contribution in [0.5, 0.6) is 5.75 Å². The third kappa shape index (κ3) is 5.28. The third-order valence-electron chi connectivity index (χ3n) is 4.12. The van der Waals surface area contributed by atoms with E-state index < -0.39 is 35.6 Å². The first-order valence-corrected chi connectivity index (χ1v) is 12.1. The van der Waals surface area contributed by atoms with E-state index in [1.807, 2.05) is 0 Å². The molecule has 0 aliphatic rings. The van der Waals surface area contributed by atoms with E-state index in [1.165, 1.54) is 37.4 Å². The summed E-state index contributed by atoms with van der Waals surface area (Å²) >= 11 is 5.87. The molecular formula is C19H16ClN3O7S2. The summed E-state index contributed by atoms with van der Waals surface area (Å²) in [6.07, 6.45) is 0. The van der Waals surface area contributed by atoms with E-state index in [2.05, 4.69) is 9.44 Å². The minimum Gasteiger partial charge on any atom is -0.495 e. The van der Waals surface area contributed by atoms with Crippen LogP contribution in [-0.4, -0.2) is 28.9 Å². The van der Waals surface area contributed by atoms with Crippen molar-refractivity contribution in [3.63, 3.8) is 0 Å². The molecule has 0 heterocycles. The highest BCUT2D eigenvalue weighted by Gasteiger charge is 2.24. The number of hydrogen-bond acceptors (Lipinski definition) is 7. The fourth-order valence-corrected chi connectivity index (χ4v) is 5.22. The lowest BCUT2D eigenvalue weighted by molar-refractivity contribution is -0.385. The molecule has 0 radical (unpaired) electrons. The average molecular weight is 498 g/mol. The van der Waals surface area contributed by atoms with Gasteiger partial charge in [0, 0.05) is 17.2 Å². The lowest BCUT2D eigenvalue weighted by Gasteiger charge is -2.13. The number of halogens is 1. The van der Waals surface area contributed by atoms with Gasteiger partial charge in [-0.05, 0) is 42.5 Å². The Bertz CT molecular complexity index is 1390. The number of rotatable bonds is 8. The van der Waals surface area contributed by atoms with Gasteiger partial charge in [0.2, 0.25) is 0 Å². The van der Waals surface area contributed by atoms with Crippen LogP contribution in [0.2, 0.25) is 5.02 Å². The molecule has 0 aliphatic heterocycles. The summed E-state index contributed by atoms with van der Waals surface area (Å²) in [6.45, 7) is 0. The summed E-state index contributed by atoms with van der Waals surface area (Å²) < 4.78 is 60.7. The molecule has 0 aromatic heterocycles. The van der Waals surface area contributed by atoms with Crippen molar-refractivity contribution >= 4 is 48.7 Å². The second kappa shape index (κ2) is 9.02. The van der Waals surface area contributed by atoms with Gasteiger partial charge in [-0.1, -0.05) is 23.7 Å². The zero-order chi connectivity index (χ0) is 23.5. The number of benzene rings is 3. The highest BCUT2D eigenvalue weighted by molar-refractivity contribution is 7.93. The van der Waals surface area contributed by atoms with Crippen LogP contribution in [0, 0.1) is 10.1 Å². The third-order valence-corrected chi connectivity index (χ3v) is 7.14. The number of nitrogens with zero attached hydrogens (tertiary/aromatic N) is 1. The van der Waals surface area contributed by atoms with Crippen molar-refractivity contribution in [2.75, 3.05) is 16.6 Å². The number of nitro groups is 1. The quantitative estimate of drug-likeness (QED) is 0.355. The molecule has 2 N–H and O–H groups in total. The second-order valence-electron chi connectivity index (χ2n) is 6.34. The van der Waals surface area contributed by atoms with Crippen molar-refractivity contribution in [1.82, 2.24) is 0 Å². The van der Waals surface area contributed by atoms with Gasteiger partial charge in [-0.2, -0.15) is 0 Å². The molecule has 32 heavy (non-hydrogen) atoms. The predicted molar refractivity (Wildman–Crippen MR) is 119 cm³/mol. The van der Waals surface area contributed by atoms with Crippen molar-refractivity contribution in [2.24, 2.45) is 0 Å². The molecule has 0 saturated carbocycles. The molecular weight excluding hydrogens is 482 g/mol. The van der Waals surface area contributed by atoms with Gasteiger partial charge < -0.3 is 4.74 Å². The Kier molecular flexibility index (Phi) is 6.57. The van der Waals surface area contributed by atoms with E-state index >= 15 is 0 Å². The molecule has 3 aromatic carbocycles. The molecule has 0 unspecified atom stereocenters. The summed E-state index contributed by atoms with van der Waals surface area (Å²) in [5.41, 5.74) is -0.300. The van der Waals surface area contributed by atoms with Crippen LogP contribution in [0.3, 0.4) is 0 Å². The van der Waals surface area contributed by atoms with Gasteiger partial charge in [-0.25, -0.2) is 16.8 Å². The van der Waals surface area contributed by atoms with Crippen molar-refractivity contribution < 1.29 is 26.5 Å². The molecule has 13 heteroatoms. The molecule has 0 spiro atoms. The number of anilines is 2. The normalized spacial score (nSPS) is 11.6. The van der Waals surface area contributed by atoms with E-state index in [-0.39, 0.29) is 22.0 Å². The zero-order valence-corrected chi connectivity index (χ0v) is 18.7. The molecule has 3 aromatic rings. The SMILES string of the molecule is COc1ccc([N+](=O)[O-])cc1S(=O)(=O)Nc1cccc(S(=O)(=O)Nc2cccc(Cl)c2)c1. The van der Waals surface area contributed by atoms with Gasteiger partial charge in [0.1, 0.15) is 10.6 Å². The van der Waals surface area contributed by atoms with Crippen LogP contribution in [0.25, 0.3) is 0 Å². The van der Waals surface area contributed by atoms with Gasteiger partial charge in [0.25, 0.3) is 25.7 Å². The standard InChI is InChI=1S/C19H16ClN3O7S2/c1-30-18-9-8-16(23(24)25)12-19(18)32(28,29)22-15-6-3-7-17(11-15)31(26,27)21-14-5-2-4-13(20)10-14/h2-12,21-22H,1H3. The van der Waals surface area contributed by atoms with Gasteiger partial charge in [-0.15, -0.1) is 0 Å². The Labute approximate surface area is 189 Å². The monoisotopic (exact) mass is 497 g/mol. The smallest absolute Gasteiger partial charge is 0.271 e. The highest BCUT2D eigenvalue weighted by Crippen LogP contribution is 2.30. The molecule has 0 saturated heterocycles. The Morgan fingerprint density at radius 1 is 0.875 bits per heavy atom. The van der Waals surface area contributed by atoms with Gasteiger partial charge in [-0.3, -0.25) is 19.6 Å². The molecule has 10 nitrogen and oxygen atoms in total. The van der Waals surface area contributed by atoms with Crippen molar-refractivity contribution in [3.05, 3.63) is 81.9 Å². The summed E-state index contributed by atoms with van der Waals surface area (Å²) in [5, 5.41) is 11.4. The maximum absolute atomic E-state index is 12.9. The van der Waals surface area contributed by atoms with Crippen LogP contribution < -0.4 is 14.2 Å². The predicted octanol–water partition coefficient (Wildman–Crippen LogP) is 3.86. The summed E-state index contributed by atoms with van der Waals surface area (Å²) in [5.74, 6) is -0.116. The van der Waals surface area contributed by atoms with Crippen LogP contribution in [0.4, 0.5) is 17.1 Å². The minimum absolute atomic E-state index is 0.0764. The summed E-state index contributed by atoms with van der Waals surface area (Å²) in [4.78, 5) is 9.60. The fourth-order valence-electron chi connectivity index (χ4n) is 2.69. The molecule has 0 atom stereocenters. The van der Waals surface area contributed by atoms with Crippen LogP contribution in [0.1, 0.15) is 0 Å². The number of non-ortho nitro benzene ring substituents is 1. The molecule has 0 fully saturated rings. The van der Waals surface area contributed by atoms with E-state index in [4.69, 9.17) is 16.3 Å². The van der Waals surface area contributed by atoms with Crippen molar-refractivity contribution in [3.8, 4) is 5.75 Å². The number of sulfonamides is 2. The number of methoxy groups -OCH3 is 1. The number of ether oxygens (including phenoxy) is 1. The largest absolute Gasteiger partial charge is 0.495 e. The molecule has 0 amide bonds. The molecule has 168 valence electrons. The van der Waals surface area contributed by atoms with E-state index in [0.29, 0.717) is 5.02 Å². The first kappa shape index (κ1) is 23.3. The summed E-state index contributed by atoms with van der Waals surface area (Å²) in [6, 6.07) is 14.2. The molecule has 3 rings (SSSR count). The Hall–Kier alpha value is -3.35. The van der Waals surface area contributed by atoms with E-state index in [1.54, 1.807) is 12.1 Å². The Morgan fingerprint density at radius 2 is 1.50 bits per heavy atom. The van der Waals surface area contributed by atoms with Crippen LogP contribution >= 0.6 is 11.6 Å². The van der Waals surface area contributed by atoms with Crippen molar-refractivity contribution in [1.29, 1.82) is 0 Å². The lowest BCUT2D eigenvalue weighted by Crippen LogP contribution is -2.16. The van der Waals surface area contributed by atoms with Gasteiger partial charge >= 0.3 is 0 Å². The maximum atomic E-state index is 12.9. The number of nitro benzene ring substituents is 1. The van der Waals surface area contributed by atoms with E-state index in [0.717, 1.165) is 24.3 Å². The summed E-state index contributed by atoms with van der Waals surface area (Å²) in [7, 11) is -7.19. The topological polar surface area (TPSA) is 145 Å². The maximum Gasteiger partial charge on any atom is 0.271 e. The zero-order valence-electron chi connectivity index (χ0n) is 16.4. The Morgan fingerprint density at radius 3 is 2.12 bits per heavy atom. The highest BCUT2D eigenvalue weighted by atomic mass is 35.5. The van der Waals surface area contributed by atoms with Crippen LogP contribution in [-0.2, 0) is 20.0 Å². The van der Waals surface area contributed by atoms with Gasteiger partial charge in [0.15, 0.2) is 0 Å². The average Bonchev–Trinajstić information content (AvgIpc) is 2.72. The molecule has 0 aliphatic carbocycles. The molecule has 0 bridgehead atoms. The second-order valence-corrected chi connectivity index (χ2v) is 10.1. The fraction of sp³-hybridized carbons (Fsp3) is 0.0526. The number of nitrogens with one attached hydrogen (secondary N) is 2. The first-order chi connectivity index (χ1) is 15.0. The first-order valence-electron chi connectivity index (χ1n) is 8.75. The van der Waals surface area contributed by atoms with Crippen molar-refractivity contribution in [2.45, 2.75) is 9.79 Å². The van der Waals surface area contributed by atoms with E-state index in [9.17, 15) is 26.9 Å². The number of hydrogen-bond donors (Lipinski definition) is 2. The van der Waals surface area contributed by atoms with Gasteiger partial charge in [0.05, 0.1) is 28.3 Å². The Balaban J connectivity index is 1.93.